The van der Waals surface area contributed by atoms with Crippen molar-refractivity contribution in [3.8, 4) is 0 Å². The normalized spacial score (nSPS) is 15.6. The van der Waals surface area contributed by atoms with Crippen LogP contribution in [0.4, 0.5) is 0 Å². The summed E-state index contributed by atoms with van der Waals surface area (Å²) in [5.74, 6) is 0. The highest BCUT2D eigenvalue weighted by Crippen LogP contribution is 2.67. The molecular weight excluding hydrogens is 288 g/mol. The summed E-state index contributed by atoms with van der Waals surface area (Å²) in [7, 11) is -2.10. The molecule has 0 heterocycles. The van der Waals surface area contributed by atoms with Crippen LogP contribution in [0.5, 0.6) is 0 Å². The van der Waals surface area contributed by atoms with E-state index in [2.05, 4.69) is 88.5 Å². The van der Waals surface area contributed by atoms with E-state index < -0.39 is 8.07 Å². The van der Waals surface area contributed by atoms with E-state index in [4.69, 9.17) is 0 Å². The fraction of sp³-hybridized carbons (Fsp3) is 1.00. The van der Waals surface area contributed by atoms with Crippen molar-refractivity contribution < 1.29 is 0 Å². The summed E-state index contributed by atoms with van der Waals surface area (Å²) in [5.41, 5.74) is 0. The lowest BCUT2D eigenvalue weighted by atomic mass is 10.2. The average Bonchev–Trinajstić information content (AvgIpc) is 2.04. The largest absolute Gasteiger partial charge is 0.0715 e. The van der Waals surface area contributed by atoms with Crippen LogP contribution in [0.1, 0.15) is 62.3 Å². The molecule has 0 aromatic rings. The van der Waals surface area contributed by atoms with Gasteiger partial charge in [-0.15, -0.1) is 0 Å². The Morgan fingerprint density at radius 3 is 0.800 bits per heavy atom. The van der Waals surface area contributed by atoms with Crippen molar-refractivity contribution in [3.05, 3.63) is 0 Å². The molecule has 0 saturated carbocycles. The lowest BCUT2D eigenvalue weighted by Crippen LogP contribution is -2.66. The first kappa shape index (κ1) is 20.7. The van der Waals surface area contributed by atoms with E-state index in [1.165, 1.54) is 0 Å². The second-order valence-corrected chi connectivity index (χ2v) is 24.0. The Morgan fingerprint density at radius 2 is 0.750 bits per heavy atom. The molecule has 20 heavy (non-hydrogen) atoms. The minimum Gasteiger partial charge on any atom is -0.0715 e. The van der Waals surface area contributed by atoms with Crippen molar-refractivity contribution in [3.63, 3.8) is 0 Å². The molecule has 0 aliphatic heterocycles. The first-order valence-corrected chi connectivity index (χ1v) is 15.3. The Kier molecular flexibility index (Phi) is 6.23. The maximum atomic E-state index is 2.58. The molecule has 0 aliphatic carbocycles. The minimum atomic E-state index is -1.57. The van der Waals surface area contributed by atoms with E-state index in [1.807, 2.05) is 0 Å². The topological polar surface area (TPSA) is 0 Å². The fourth-order valence-corrected chi connectivity index (χ4v) is 34.8. The highest BCUT2D eigenvalue weighted by molar-refractivity contribution is 7.07. The van der Waals surface area contributed by atoms with E-state index in [-0.39, 0.29) is 17.6 Å². The van der Waals surface area contributed by atoms with E-state index in [0.717, 1.165) is 4.79 Å². The molecule has 0 rings (SSSR count). The monoisotopic (exact) mass is 328 g/mol. The Labute approximate surface area is 134 Å². The molecule has 0 N–H and O–H groups in total. The van der Waals surface area contributed by atoms with E-state index in [0.29, 0.717) is 15.1 Å². The van der Waals surface area contributed by atoms with Gasteiger partial charge in [0, 0.05) is 17.6 Å². The standard InChI is InChI=1S/C17H40Si3/c1-15(2,3)20(16(4,5)6,17(7,8)9)14(18(10)11)19(12)13/h14H,1-13H3. The molecule has 0 spiro atoms. The summed E-state index contributed by atoms with van der Waals surface area (Å²) >= 11 is 0. The highest BCUT2D eigenvalue weighted by Gasteiger charge is 2.64. The van der Waals surface area contributed by atoms with Gasteiger partial charge in [-0.05, 0) is 15.1 Å². The predicted molar refractivity (Wildman–Crippen MR) is 104 cm³/mol. The SMILES string of the molecule is C[Si](C)C([Si](C)C)[Si](C(C)(C)C)(C(C)(C)C)C(C)(C)C. The van der Waals surface area contributed by atoms with Crippen LogP contribution < -0.4 is 0 Å². The van der Waals surface area contributed by atoms with Crippen molar-refractivity contribution >= 4 is 25.7 Å². The minimum absolute atomic E-state index is 0.269. The third-order valence-electron chi connectivity index (χ3n) is 5.14. The lowest BCUT2D eigenvalue weighted by molar-refractivity contribution is 0.529. The second kappa shape index (κ2) is 6.04. The van der Waals surface area contributed by atoms with Crippen LogP contribution in [0.2, 0.25) is 46.1 Å². The molecule has 0 fully saturated rings. The van der Waals surface area contributed by atoms with Crippen molar-refractivity contribution in [1.29, 1.82) is 0 Å². The molecule has 0 aromatic carbocycles. The third-order valence-corrected chi connectivity index (χ3v) is 24.9. The first-order valence-electron chi connectivity index (χ1n) is 8.12. The molecule has 0 bridgehead atoms. The fourth-order valence-electron chi connectivity index (χ4n) is 6.12. The highest BCUT2D eigenvalue weighted by atomic mass is 28.4. The number of hydrogen-bond donors (Lipinski definition) is 0. The van der Waals surface area contributed by atoms with E-state index in [1.54, 1.807) is 0 Å². The summed E-state index contributed by atoms with van der Waals surface area (Å²) in [4.78, 5) is 1.05. The molecule has 0 amide bonds. The maximum absolute atomic E-state index is 2.58. The Hall–Kier alpha value is 0.651. The summed E-state index contributed by atoms with van der Waals surface area (Å²) < 4.78 is 0. The van der Waals surface area contributed by atoms with Crippen LogP contribution >= 0.6 is 0 Å². The van der Waals surface area contributed by atoms with Gasteiger partial charge in [0.25, 0.3) is 0 Å². The predicted octanol–water partition coefficient (Wildman–Crippen LogP) is 6.79. The van der Waals surface area contributed by atoms with Crippen molar-refractivity contribution in [2.24, 2.45) is 0 Å². The van der Waals surface area contributed by atoms with Crippen LogP contribution in [-0.4, -0.2) is 25.7 Å². The Bertz CT molecular complexity index is 267. The molecule has 3 heteroatoms. The Morgan fingerprint density at radius 1 is 0.550 bits per heavy atom. The lowest BCUT2D eigenvalue weighted by Gasteiger charge is -2.65. The van der Waals surface area contributed by atoms with Gasteiger partial charge in [0.2, 0.25) is 0 Å². The molecule has 0 aliphatic rings. The zero-order valence-corrected chi connectivity index (χ0v) is 19.6. The number of hydrogen-bond acceptors (Lipinski definition) is 0. The van der Waals surface area contributed by atoms with Gasteiger partial charge in [-0.25, -0.2) is 0 Å². The van der Waals surface area contributed by atoms with Crippen LogP contribution in [-0.2, 0) is 0 Å². The van der Waals surface area contributed by atoms with Crippen LogP contribution in [0.15, 0.2) is 0 Å². The molecule has 120 valence electrons. The molecule has 0 atom stereocenters. The van der Waals surface area contributed by atoms with Gasteiger partial charge in [-0.2, -0.15) is 0 Å². The van der Waals surface area contributed by atoms with E-state index >= 15 is 0 Å². The summed E-state index contributed by atoms with van der Waals surface area (Å²) in [5, 5.41) is 1.37. The first-order chi connectivity index (χ1) is 8.51. The van der Waals surface area contributed by atoms with Gasteiger partial charge in [0.05, 0.1) is 8.07 Å². The van der Waals surface area contributed by atoms with Crippen molar-refractivity contribution in [1.82, 2.24) is 0 Å². The molecule has 2 radical (unpaired) electrons. The summed E-state index contributed by atoms with van der Waals surface area (Å²) in [6.07, 6.45) is 0. The summed E-state index contributed by atoms with van der Waals surface area (Å²) in [6.45, 7) is 33.3. The van der Waals surface area contributed by atoms with Crippen LogP contribution in [0.3, 0.4) is 0 Å². The molecule has 0 unspecified atom stereocenters. The van der Waals surface area contributed by atoms with Gasteiger partial charge < -0.3 is 0 Å². The van der Waals surface area contributed by atoms with E-state index in [9.17, 15) is 0 Å². The molecule has 0 saturated heterocycles. The third kappa shape index (κ3) is 3.35. The quantitative estimate of drug-likeness (QED) is 0.500. The number of rotatable bonds is 3. The van der Waals surface area contributed by atoms with Crippen LogP contribution in [0, 0.1) is 0 Å². The zero-order valence-electron chi connectivity index (χ0n) is 16.6. The molecule has 0 nitrogen and oxygen atoms in total. The molecule has 0 aromatic heterocycles. The van der Waals surface area contributed by atoms with Gasteiger partial charge in [-0.3, -0.25) is 0 Å². The average molecular weight is 329 g/mol. The maximum Gasteiger partial charge on any atom is 0.0672 e. The van der Waals surface area contributed by atoms with Gasteiger partial charge in [0.15, 0.2) is 0 Å². The molecular formula is C17H40Si3. The Balaban J connectivity index is 6.60. The summed E-state index contributed by atoms with van der Waals surface area (Å²) in [6, 6.07) is 0. The van der Waals surface area contributed by atoms with Crippen LogP contribution in [0.25, 0.3) is 0 Å². The zero-order chi connectivity index (χ0) is 16.7. The van der Waals surface area contributed by atoms with Crippen molar-refractivity contribution in [2.75, 3.05) is 0 Å². The van der Waals surface area contributed by atoms with Gasteiger partial charge in [-0.1, -0.05) is 93.3 Å². The second-order valence-electron chi connectivity index (χ2n) is 10.1. The van der Waals surface area contributed by atoms with Gasteiger partial charge >= 0.3 is 0 Å². The van der Waals surface area contributed by atoms with Gasteiger partial charge in [0.1, 0.15) is 0 Å². The van der Waals surface area contributed by atoms with Crippen molar-refractivity contribution in [2.45, 2.75) is 108 Å². The smallest absolute Gasteiger partial charge is 0.0672 e.